The minimum atomic E-state index is -0.0198. The molecule has 1 N–H and O–H groups in total. The van der Waals surface area contributed by atoms with Crippen molar-refractivity contribution in [3.05, 3.63) is 62.6 Å². The molecule has 0 saturated carbocycles. The van der Waals surface area contributed by atoms with Crippen LogP contribution in [0.3, 0.4) is 0 Å². The quantitative estimate of drug-likeness (QED) is 0.644. The minimum Gasteiger partial charge on any atom is -0.324 e. The third-order valence-electron chi connectivity index (χ3n) is 4.88. The van der Waals surface area contributed by atoms with Gasteiger partial charge in [0.1, 0.15) is 0 Å². The number of rotatable bonds is 4. The lowest BCUT2D eigenvalue weighted by atomic mass is 9.95. The number of carbonyl (C=O) groups is 1. The molecule has 0 aromatic heterocycles. The number of carbonyl (C=O) groups excluding carboxylic acids is 1. The zero-order valence-electron chi connectivity index (χ0n) is 14.6. The summed E-state index contributed by atoms with van der Waals surface area (Å²) in [6.07, 6.45) is 1.66. The summed E-state index contributed by atoms with van der Waals surface area (Å²) in [5.41, 5.74) is 3.16. The molecule has 26 heavy (non-hydrogen) atoms. The Balaban J connectivity index is 1.55. The molecule has 1 heterocycles. The average Bonchev–Trinajstić information content (AvgIpc) is 2.62. The summed E-state index contributed by atoms with van der Waals surface area (Å²) < 4.78 is 0. The number of likely N-dealkylation sites (tertiary alicyclic amines) is 1. The van der Waals surface area contributed by atoms with E-state index >= 15 is 0 Å². The Kier molecular flexibility index (Phi) is 6.46. The van der Waals surface area contributed by atoms with Gasteiger partial charge in [-0.2, -0.15) is 0 Å². The van der Waals surface area contributed by atoms with E-state index in [1.807, 2.05) is 0 Å². The first kappa shape index (κ1) is 19.5. The highest BCUT2D eigenvalue weighted by atomic mass is 35.5. The van der Waals surface area contributed by atoms with Gasteiger partial charge in [-0.25, -0.2) is 0 Å². The van der Waals surface area contributed by atoms with Crippen molar-refractivity contribution in [1.29, 1.82) is 0 Å². The van der Waals surface area contributed by atoms with Crippen LogP contribution in [0.4, 0.5) is 5.69 Å². The number of halogens is 3. The Bertz CT molecular complexity index is 802. The van der Waals surface area contributed by atoms with Crippen molar-refractivity contribution in [2.24, 2.45) is 5.92 Å². The molecule has 1 amide bonds. The van der Waals surface area contributed by atoms with Crippen LogP contribution in [-0.2, 0) is 11.3 Å². The first-order valence-electron chi connectivity index (χ1n) is 8.66. The first-order chi connectivity index (χ1) is 12.4. The molecule has 0 unspecified atom stereocenters. The average molecular weight is 412 g/mol. The van der Waals surface area contributed by atoms with Crippen molar-refractivity contribution >= 4 is 46.4 Å². The fourth-order valence-electron chi connectivity index (χ4n) is 3.23. The Hall–Kier alpha value is -1.26. The number of nitrogens with one attached hydrogen (secondary N) is 1. The van der Waals surface area contributed by atoms with E-state index < -0.39 is 0 Å². The maximum atomic E-state index is 12.6. The van der Waals surface area contributed by atoms with E-state index in [1.54, 1.807) is 12.1 Å². The van der Waals surface area contributed by atoms with Gasteiger partial charge in [-0.05, 0) is 56.1 Å². The van der Waals surface area contributed by atoms with Crippen LogP contribution in [0.5, 0.6) is 0 Å². The maximum absolute atomic E-state index is 12.6. The predicted molar refractivity (Wildman–Crippen MR) is 109 cm³/mol. The molecule has 1 saturated heterocycles. The molecule has 3 rings (SSSR count). The molecular weight excluding hydrogens is 391 g/mol. The van der Waals surface area contributed by atoms with Crippen LogP contribution in [-0.4, -0.2) is 23.9 Å². The number of aryl methyl sites for hydroxylation is 1. The molecule has 2 aromatic carbocycles. The van der Waals surface area contributed by atoms with Gasteiger partial charge in [0, 0.05) is 12.5 Å². The number of benzene rings is 2. The lowest BCUT2D eigenvalue weighted by Gasteiger charge is -2.31. The molecule has 3 nitrogen and oxygen atoms in total. The van der Waals surface area contributed by atoms with Crippen LogP contribution in [0.15, 0.2) is 36.4 Å². The highest BCUT2D eigenvalue weighted by Gasteiger charge is 2.25. The number of amides is 1. The monoisotopic (exact) mass is 410 g/mol. The highest BCUT2D eigenvalue weighted by molar-refractivity contribution is 6.44. The summed E-state index contributed by atoms with van der Waals surface area (Å²) in [5.74, 6) is -0.0329. The Morgan fingerprint density at radius 2 is 1.73 bits per heavy atom. The van der Waals surface area contributed by atoms with Gasteiger partial charge in [-0.1, -0.05) is 59.1 Å². The standard InChI is InChI=1S/C20H21Cl3N2O/c1-13-4-2-3-5-15(13)12-25-8-6-14(7-9-25)20(26)24-19-11-17(22)16(21)10-18(19)23/h2-5,10-11,14H,6-9,12H2,1H3,(H,24,26). The fourth-order valence-corrected chi connectivity index (χ4v) is 3.83. The van der Waals surface area contributed by atoms with Gasteiger partial charge in [-0.15, -0.1) is 0 Å². The maximum Gasteiger partial charge on any atom is 0.227 e. The Morgan fingerprint density at radius 1 is 1.08 bits per heavy atom. The largest absolute Gasteiger partial charge is 0.324 e. The lowest BCUT2D eigenvalue weighted by molar-refractivity contribution is -0.121. The van der Waals surface area contributed by atoms with E-state index in [0.717, 1.165) is 32.5 Å². The minimum absolute atomic E-state index is 0.0131. The van der Waals surface area contributed by atoms with Crippen LogP contribution in [0.25, 0.3) is 0 Å². The SMILES string of the molecule is Cc1ccccc1CN1CCC(C(=O)Nc2cc(Cl)c(Cl)cc2Cl)CC1. The van der Waals surface area contributed by atoms with Crippen molar-refractivity contribution < 1.29 is 4.79 Å². The van der Waals surface area contributed by atoms with E-state index in [4.69, 9.17) is 34.8 Å². The molecule has 0 bridgehead atoms. The smallest absolute Gasteiger partial charge is 0.227 e. The Morgan fingerprint density at radius 3 is 2.42 bits per heavy atom. The first-order valence-corrected chi connectivity index (χ1v) is 9.79. The summed E-state index contributed by atoms with van der Waals surface area (Å²) in [6.45, 7) is 4.87. The van der Waals surface area contributed by atoms with E-state index in [2.05, 4.69) is 41.4 Å². The molecule has 1 aliphatic heterocycles. The third-order valence-corrected chi connectivity index (χ3v) is 5.92. The summed E-state index contributed by atoms with van der Waals surface area (Å²) >= 11 is 18.1. The molecule has 138 valence electrons. The number of hydrogen-bond acceptors (Lipinski definition) is 2. The van der Waals surface area contributed by atoms with Gasteiger partial charge in [-0.3, -0.25) is 9.69 Å². The molecule has 1 aliphatic rings. The number of anilines is 1. The zero-order valence-corrected chi connectivity index (χ0v) is 16.8. The van der Waals surface area contributed by atoms with E-state index in [1.165, 1.54) is 11.1 Å². The third kappa shape index (κ3) is 4.72. The lowest BCUT2D eigenvalue weighted by Crippen LogP contribution is -2.37. The fraction of sp³-hybridized carbons (Fsp3) is 0.350. The van der Waals surface area contributed by atoms with Gasteiger partial charge in [0.25, 0.3) is 0 Å². The van der Waals surface area contributed by atoms with Crippen molar-refractivity contribution in [1.82, 2.24) is 4.90 Å². The summed E-state index contributed by atoms with van der Waals surface area (Å²) in [7, 11) is 0. The molecule has 0 aliphatic carbocycles. The van der Waals surface area contributed by atoms with Crippen molar-refractivity contribution in [2.45, 2.75) is 26.3 Å². The van der Waals surface area contributed by atoms with E-state index in [0.29, 0.717) is 20.8 Å². The number of nitrogens with zero attached hydrogens (tertiary/aromatic N) is 1. The van der Waals surface area contributed by atoms with Gasteiger partial charge in [0.15, 0.2) is 0 Å². The van der Waals surface area contributed by atoms with Crippen molar-refractivity contribution in [3.8, 4) is 0 Å². The second-order valence-electron chi connectivity index (χ2n) is 6.71. The van der Waals surface area contributed by atoms with Crippen LogP contribution in [0.1, 0.15) is 24.0 Å². The summed E-state index contributed by atoms with van der Waals surface area (Å²) in [5, 5.41) is 4.03. The molecule has 0 radical (unpaired) electrons. The van der Waals surface area contributed by atoms with Gasteiger partial charge in [0.05, 0.1) is 20.8 Å². The molecule has 0 atom stereocenters. The van der Waals surface area contributed by atoms with E-state index in [-0.39, 0.29) is 11.8 Å². The number of piperidine rings is 1. The van der Waals surface area contributed by atoms with Crippen LogP contribution < -0.4 is 5.32 Å². The van der Waals surface area contributed by atoms with Gasteiger partial charge >= 0.3 is 0 Å². The second-order valence-corrected chi connectivity index (χ2v) is 7.93. The molecule has 2 aromatic rings. The number of hydrogen-bond donors (Lipinski definition) is 1. The Labute approximate surface area is 169 Å². The van der Waals surface area contributed by atoms with Crippen molar-refractivity contribution in [2.75, 3.05) is 18.4 Å². The van der Waals surface area contributed by atoms with Crippen molar-refractivity contribution in [3.63, 3.8) is 0 Å². The van der Waals surface area contributed by atoms with Gasteiger partial charge < -0.3 is 5.32 Å². The molecule has 0 spiro atoms. The van der Waals surface area contributed by atoms with Gasteiger partial charge in [0.2, 0.25) is 5.91 Å². The topological polar surface area (TPSA) is 32.3 Å². The van der Waals surface area contributed by atoms with Crippen LogP contribution in [0.2, 0.25) is 15.1 Å². The summed E-state index contributed by atoms with van der Waals surface area (Å²) in [6, 6.07) is 11.6. The van der Waals surface area contributed by atoms with Crippen LogP contribution >= 0.6 is 34.8 Å². The highest BCUT2D eigenvalue weighted by Crippen LogP contribution is 2.33. The molecular formula is C20H21Cl3N2O. The predicted octanol–water partition coefficient (Wildman–Crippen LogP) is 5.81. The zero-order chi connectivity index (χ0) is 18.7. The second kappa shape index (κ2) is 8.62. The molecule has 6 heteroatoms. The molecule has 1 fully saturated rings. The van der Waals surface area contributed by atoms with E-state index in [9.17, 15) is 4.79 Å². The summed E-state index contributed by atoms with van der Waals surface area (Å²) in [4.78, 5) is 15.0. The van der Waals surface area contributed by atoms with Crippen LogP contribution in [0, 0.1) is 12.8 Å². The normalized spacial score (nSPS) is 15.8.